The van der Waals surface area contributed by atoms with Crippen LogP contribution in [0.25, 0.3) is 0 Å². The number of imide groups is 1. The molecule has 4 rings (SSSR count). The van der Waals surface area contributed by atoms with Crippen molar-refractivity contribution in [2.45, 2.75) is 12.8 Å². The number of methoxy groups -OCH3 is 1. The Morgan fingerprint density at radius 1 is 0.846 bits per heavy atom. The van der Waals surface area contributed by atoms with E-state index in [2.05, 4.69) is 0 Å². The molecule has 0 bridgehead atoms. The van der Waals surface area contributed by atoms with Crippen molar-refractivity contribution in [3.63, 3.8) is 0 Å². The third kappa shape index (κ3) is 2.75. The maximum absolute atomic E-state index is 12.6. The summed E-state index contributed by atoms with van der Waals surface area (Å²) in [6, 6.07) is 14.4. The Morgan fingerprint density at radius 2 is 1.42 bits per heavy atom. The van der Waals surface area contributed by atoms with Crippen molar-refractivity contribution in [3.8, 4) is 17.2 Å². The average molecular weight is 349 g/mol. The Balaban J connectivity index is 1.55. The molecule has 5 heteroatoms. The largest absolute Gasteiger partial charge is 0.493 e. The molecule has 2 amide bonds. The molecule has 1 heterocycles. The molecule has 26 heavy (non-hydrogen) atoms. The highest BCUT2D eigenvalue weighted by atomic mass is 16.5. The van der Waals surface area contributed by atoms with Crippen molar-refractivity contribution in [2.75, 3.05) is 12.0 Å². The van der Waals surface area contributed by atoms with Crippen molar-refractivity contribution in [2.24, 2.45) is 11.8 Å². The molecular formula is C21H19NO4. The Morgan fingerprint density at radius 3 is 2.00 bits per heavy atom. The van der Waals surface area contributed by atoms with E-state index in [0.717, 1.165) is 0 Å². The van der Waals surface area contributed by atoms with E-state index >= 15 is 0 Å². The molecule has 2 aromatic carbocycles. The number of ether oxygens (including phenoxy) is 2. The summed E-state index contributed by atoms with van der Waals surface area (Å²) in [6.07, 6.45) is 5.25. The van der Waals surface area contributed by atoms with Gasteiger partial charge in [0.2, 0.25) is 11.8 Å². The summed E-state index contributed by atoms with van der Waals surface area (Å²) in [6.45, 7) is 0. The number of anilines is 1. The second-order valence-electron chi connectivity index (χ2n) is 6.41. The van der Waals surface area contributed by atoms with Crippen molar-refractivity contribution in [1.82, 2.24) is 0 Å². The van der Waals surface area contributed by atoms with Gasteiger partial charge in [-0.05, 0) is 49.2 Å². The lowest BCUT2D eigenvalue weighted by molar-refractivity contribution is -0.122. The van der Waals surface area contributed by atoms with Gasteiger partial charge in [0.15, 0.2) is 11.5 Å². The topological polar surface area (TPSA) is 55.8 Å². The van der Waals surface area contributed by atoms with Crippen LogP contribution in [0.3, 0.4) is 0 Å². The Hall–Kier alpha value is -3.08. The Kier molecular flexibility index (Phi) is 4.21. The van der Waals surface area contributed by atoms with Crippen LogP contribution < -0.4 is 14.4 Å². The molecule has 0 unspecified atom stereocenters. The molecule has 1 saturated heterocycles. The number of fused-ring (bicyclic) bond motifs is 1. The van der Waals surface area contributed by atoms with E-state index in [-0.39, 0.29) is 23.7 Å². The maximum Gasteiger partial charge on any atom is 0.238 e. The molecule has 0 spiro atoms. The van der Waals surface area contributed by atoms with E-state index in [1.54, 1.807) is 31.4 Å². The number of nitrogens with zero attached hydrogens (tertiary/aromatic N) is 1. The molecule has 0 N–H and O–H groups in total. The molecule has 2 aromatic rings. The second kappa shape index (κ2) is 6.67. The summed E-state index contributed by atoms with van der Waals surface area (Å²) in [5, 5.41) is 0. The van der Waals surface area contributed by atoms with Gasteiger partial charge in [-0.1, -0.05) is 24.3 Å². The van der Waals surface area contributed by atoms with E-state index in [9.17, 15) is 9.59 Å². The van der Waals surface area contributed by atoms with Crippen LogP contribution in [-0.4, -0.2) is 18.9 Å². The van der Waals surface area contributed by atoms with E-state index in [0.29, 0.717) is 35.8 Å². The number of carbonyl (C=O) groups is 2. The van der Waals surface area contributed by atoms with Crippen molar-refractivity contribution in [3.05, 3.63) is 60.7 Å². The SMILES string of the molecule is COc1ccccc1Oc1ccc(N2C(=O)[C@@H]3CC=CC[C@H]3C2=O)cc1. The minimum atomic E-state index is -0.225. The molecular weight excluding hydrogens is 330 g/mol. The van der Waals surface area contributed by atoms with E-state index in [4.69, 9.17) is 9.47 Å². The van der Waals surface area contributed by atoms with E-state index < -0.39 is 0 Å². The lowest BCUT2D eigenvalue weighted by atomic mass is 9.85. The number of para-hydroxylation sites is 2. The van der Waals surface area contributed by atoms with Crippen LogP contribution in [0.15, 0.2) is 60.7 Å². The van der Waals surface area contributed by atoms with Gasteiger partial charge in [-0.2, -0.15) is 0 Å². The molecule has 1 aliphatic heterocycles. The monoisotopic (exact) mass is 349 g/mol. The zero-order valence-electron chi connectivity index (χ0n) is 14.4. The number of carbonyl (C=O) groups excluding carboxylic acids is 2. The van der Waals surface area contributed by atoms with Crippen molar-refractivity contribution in [1.29, 1.82) is 0 Å². The lowest BCUT2D eigenvalue weighted by Gasteiger charge is -2.16. The van der Waals surface area contributed by atoms with Crippen molar-refractivity contribution >= 4 is 17.5 Å². The van der Waals surface area contributed by atoms with Gasteiger partial charge in [0.25, 0.3) is 0 Å². The standard InChI is InChI=1S/C21H19NO4/c1-25-18-8-4-5-9-19(18)26-15-12-10-14(11-13-15)22-20(23)16-6-2-3-7-17(16)21(22)24/h2-5,8-13,16-17H,6-7H2,1H3/t16-,17-/m1/s1. The van der Waals surface area contributed by atoms with Gasteiger partial charge in [0.1, 0.15) is 5.75 Å². The minimum Gasteiger partial charge on any atom is -0.493 e. The predicted octanol–water partition coefficient (Wildman–Crippen LogP) is 3.94. The molecule has 0 radical (unpaired) electrons. The maximum atomic E-state index is 12.6. The summed E-state index contributed by atoms with van der Waals surface area (Å²) in [5.41, 5.74) is 0.585. The summed E-state index contributed by atoms with van der Waals surface area (Å²) in [4.78, 5) is 26.6. The Labute approximate surface area is 151 Å². The van der Waals surface area contributed by atoms with Crippen LogP contribution in [0.1, 0.15) is 12.8 Å². The van der Waals surface area contributed by atoms with Gasteiger partial charge in [-0.25, -0.2) is 0 Å². The number of allylic oxidation sites excluding steroid dienone is 2. The molecule has 1 aliphatic carbocycles. The number of hydrogen-bond donors (Lipinski definition) is 0. The quantitative estimate of drug-likeness (QED) is 0.620. The zero-order chi connectivity index (χ0) is 18.1. The molecule has 5 nitrogen and oxygen atoms in total. The average Bonchev–Trinajstić information content (AvgIpc) is 2.94. The predicted molar refractivity (Wildman–Crippen MR) is 97.4 cm³/mol. The fraction of sp³-hybridized carbons (Fsp3) is 0.238. The van der Waals surface area contributed by atoms with Gasteiger partial charge in [-0.3, -0.25) is 14.5 Å². The molecule has 0 aromatic heterocycles. The highest BCUT2D eigenvalue weighted by Crippen LogP contribution is 2.38. The van der Waals surface area contributed by atoms with Crippen LogP contribution in [0, 0.1) is 11.8 Å². The first-order chi connectivity index (χ1) is 12.7. The van der Waals surface area contributed by atoms with Gasteiger partial charge in [0, 0.05) is 0 Å². The zero-order valence-corrected chi connectivity index (χ0v) is 14.4. The highest BCUT2D eigenvalue weighted by molar-refractivity contribution is 6.22. The van der Waals surface area contributed by atoms with Gasteiger partial charge < -0.3 is 9.47 Å². The van der Waals surface area contributed by atoms with Crippen LogP contribution in [0.4, 0.5) is 5.69 Å². The first kappa shape index (κ1) is 16.4. The van der Waals surface area contributed by atoms with Gasteiger partial charge >= 0.3 is 0 Å². The van der Waals surface area contributed by atoms with Crippen LogP contribution in [0.5, 0.6) is 17.2 Å². The second-order valence-corrected chi connectivity index (χ2v) is 6.41. The van der Waals surface area contributed by atoms with Gasteiger partial charge in [-0.15, -0.1) is 0 Å². The van der Waals surface area contributed by atoms with Crippen LogP contribution in [0.2, 0.25) is 0 Å². The number of benzene rings is 2. The molecule has 132 valence electrons. The fourth-order valence-electron chi connectivity index (χ4n) is 3.55. The first-order valence-electron chi connectivity index (χ1n) is 8.63. The van der Waals surface area contributed by atoms with Crippen LogP contribution >= 0.6 is 0 Å². The third-order valence-electron chi connectivity index (χ3n) is 4.90. The Bertz CT molecular complexity index is 846. The number of rotatable bonds is 4. The first-order valence-corrected chi connectivity index (χ1v) is 8.63. The summed E-state index contributed by atoms with van der Waals surface area (Å²) >= 11 is 0. The van der Waals surface area contributed by atoms with E-state index in [1.807, 2.05) is 36.4 Å². The van der Waals surface area contributed by atoms with Crippen LogP contribution in [-0.2, 0) is 9.59 Å². The van der Waals surface area contributed by atoms with Gasteiger partial charge in [0.05, 0.1) is 24.6 Å². The summed E-state index contributed by atoms with van der Waals surface area (Å²) in [7, 11) is 1.59. The normalized spacial score (nSPS) is 21.7. The third-order valence-corrected chi connectivity index (χ3v) is 4.90. The number of hydrogen-bond acceptors (Lipinski definition) is 4. The summed E-state index contributed by atoms with van der Waals surface area (Å²) in [5.74, 6) is 1.18. The van der Waals surface area contributed by atoms with E-state index in [1.165, 1.54) is 4.90 Å². The molecule has 1 fully saturated rings. The summed E-state index contributed by atoms with van der Waals surface area (Å²) < 4.78 is 11.1. The van der Waals surface area contributed by atoms with Crippen molar-refractivity contribution < 1.29 is 19.1 Å². The fourth-order valence-corrected chi connectivity index (χ4v) is 3.55. The smallest absolute Gasteiger partial charge is 0.238 e. The lowest BCUT2D eigenvalue weighted by Crippen LogP contribution is -2.30. The molecule has 2 atom stereocenters. The molecule has 2 aliphatic rings. The highest BCUT2D eigenvalue weighted by Gasteiger charge is 2.47. The minimum absolute atomic E-state index is 0.109. The molecule has 0 saturated carbocycles. The number of amides is 2.